The van der Waals surface area contributed by atoms with Crippen LogP contribution in [-0.2, 0) is 20.7 Å². The van der Waals surface area contributed by atoms with E-state index in [2.05, 4.69) is 5.32 Å². The molecular formula is C19H24ClN3O4. The fourth-order valence-electron chi connectivity index (χ4n) is 3.35. The molecule has 0 aromatic heterocycles. The van der Waals surface area contributed by atoms with E-state index in [0.717, 1.165) is 12.0 Å². The molecule has 2 aliphatic heterocycles. The molecule has 8 heteroatoms. The lowest BCUT2D eigenvalue weighted by molar-refractivity contribution is -0.138. The molecule has 0 unspecified atom stereocenters. The molecule has 2 aliphatic rings. The normalized spacial score (nSPS) is 20.0. The fraction of sp³-hybridized carbons (Fsp3) is 0.526. The highest BCUT2D eigenvalue weighted by molar-refractivity contribution is 6.30. The van der Waals surface area contributed by atoms with Crippen molar-refractivity contribution in [2.75, 3.05) is 39.3 Å². The minimum atomic E-state index is -0.333. The van der Waals surface area contributed by atoms with Gasteiger partial charge in [0.2, 0.25) is 11.8 Å². The molecule has 2 saturated heterocycles. The first-order valence-electron chi connectivity index (χ1n) is 9.24. The van der Waals surface area contributed by atoms with Gasteiger partial charge in [0.1, 0.15) is 6.61 Å². The summed E-state index contributed by atoms with van der Waals surface area (Å²) >= 11 is 5.89. The quantitative estimate of drug-likeness (QED) is 0.764. The van der Waals surface area contributed by atoms with Gasteiger partial charge in [-0.3, -0.25) is 9.59 Å². The van der Waals surface area contributed by atoms with E-state index in [1.54, 1.807) is 9.80 Å². The molecule has 1 atom stereocenters. The van der Waals surface area contributed by atoms with Crippen molar-refractivity contribution in [3.05, 3.63) is 34.9 Å². The highest BCUT2D eigenvalue weighted by Gasteiger charge is 2.30. The maximum absolute atomic E-state index is 12.4. The lowest BCUT2D eigenvalue weighted by Crippen LogP contribution is -2.47. The Balaban J connectivity index is 1.44. The number of carbonyl (C=O) groups is 3. The van der Waals surface area contributed by atoms with Crippen LogP contribution in [0, 0.1) is 5.92 Å². The van der Waals surface area contributed by atoms with Crippen LogP contribution in [0.4, 0.5) is 4.79 Å². The maximum Gasteiger partial charge on any atom is 0.409 e. The molecular weight excluding hydrogens is 370 g/mol. The molecule has 0 saturated carbocycles. The second kappa shape index (κ2) is 9.08. The van der Waals surface area contributed by atoms with Crippen LogP contribution in [0.1, 0.15) is 18.4 Å². The molecule has 0 spiro atoms. The van der Waals surface area contributed by atoms with Gasteiger partial charge in [0.15, 0.2) is 0 Å². The number of hydrogen-bond donors (Lipinski definition) is 1. The van der Waals surface area contributed by atoms with Gasteiger partial charge in [-0.15, -0.1) is 0 Å². The predicted molar refractivity (Wildman–Crippen MR) is 100 cm³/mol. The Morgan fingerprint density at radius 2 is 1.96 bits per heavy atom. The van der Waals surface area contributed by atoms with Crippen molar-refractivity contribution in [1.29, 1.82) is 0 Å². The Labute approximate surface area is 163 Å². The van der Waals surface area contributed by atoms with E-state index >= 15 is 0 Å². The molecule has 0 aliphatic carbocycles. The summed E-state index contributed by atoms with van der Waals surface area (Å²) in [5, 5.41) is 3.56. The Morgan fingerprint density at radius 3 is 2.67 bits per heavy atom. The Hall–Kier alpha value is -2.28. The monoisotopic (exact) mass is 393 g/mol. The van der Waals surface area contributed by atoms with Crippen LogP contribution in [0.2, 0.25) is 5.02 Å². The Bertz CT molecular complexity index is 695. The van der Waals surface area contributed by atoms with E-state index < -0.39 is 0 Å². The van der Waals surface area contributed by atoms with E-state index in [-0.39, 0.29) is 23.8 Å². The minimum absolute atomic E-state index is 0.0634. The molecule has 1 aromatic rings. The first-order chi connectivity index (χ1) is 13.0. The lowest BCUT2D eigenvalue weighted by atomic mass is 9.96. The third-order valence-electron chi connectivity index (χ3n) is 4.98. The van der Waals surface area contributed by atoms with Gasteiger partial charge >= 0.3 is 6.09 Å². The number of nitrogens with one attached hydrogen (secondary N) is 1. The number of ether oxygens (including phenoxy) is 1. The van der Waals surface area contributed by atoms with E-state index in [9.17, 15) is 14.4 Å². The van der Waals surface area contributed by atoms with Gasteiger partial charge in [-0.1, -0.05) is 23.7 Å². The van der Waals surface area contributed by atoms with Crippen molar-refractivity contribution >= 4 is 29.5 Å². The van der Waals surface area contributed by atoms with Gasteiger partial charge in [0.05, 0.1) is 12.5 Å². The zero-order chi connectivity index (χ0) is 19.2. The zero-order valence-corrected chi connectivity index (χ0v) is 15.9. The van der Waals surface area contributed by atoms with Crippen molar-refractivity contribution in [2.24, 2.45) is 5.92 Å². The van der Waals surface area contributed by atoms with Crippen molar-refractivity contribution in [2.45, 2.75) is 19.3 Å². The standard InChI is InChI=1S/C19H24ClN3O4/c20-16-4-1-14(2-5-16)7-9-23-13-15(3-6-17(23)24)18(25)21-8-10-22-11-12-27-19(22)26/h1-2,4-5,15H,3,6-13H2,(H,21,25)/t15-/m1/s1. The second-order valence-corrected chi connectivity index (χ2v) is 7.28. The first kappa shape index (κ1) is 19.5. The van der Waals surface area contributed by atoms with Crippen LogP contribution in [0.3, 0.4) is 0 Å². The minimum Gasteiger partial charge on any atom is -0.448 e. The number of amides is 3. The molecule has 0 bridgehead atoms. The van der Waals surface area contributed by atoms with Gasteiger partial charge in [0.25, 0.3) is 0 Å². The number of halogens is 1. The highest BCUT2D eigenvalue weighted by Crippen LogP contribution is 2.19. The van der Waals surface area contributed by atoms with Crippen molar-refractivity contribution in [3.8, 4) is 0 Å². The molecule has 0 radical (unpaired) electrons. The van der Waals surface area contributed by atoms with E-state index in [4.69, 9.17) is 16.3 Å². The molecule has 27 heavy (non-hydrogen) atoms. The summed E-state index contributed by atoms with van der Waals surface area (Å²) in [5.74, 6) is -0.183. The number of carbonyl (C=O) groups excluding carboxylic acids is 3. The summed E-state index contributed by atoms with van der Waals surface area (Å²) in [6.07, 6.45) is 1.35. The second-order valence-electron chi connectivity index (χ2n) is 6.84. The number of cyclic esters (lactones) is 1. The molecule has 2 heterocycles. The predicted octanol–water partition coefficient (Wildman–Crippen LogP) is 1.69. The molecule has 146 valence electrons. The lowest BCUT2D eigenvalue weighted by Gasteiger charge is -2.32. The highest BCUT2D eigenvalue weighted by atomic mass is 35.5. The van der Waals surface area contributed by atoms with E-state index in [1.165, 1.54) is 0 Å². The number of rotatable bonds is 7. The van der Waals surface area contributed by atoms with Gasteiger partial charge in [0, 0.05) is 37.6 Å². The van der Waals surface area contributed by atoms with Gasteiger partial charge in [-0.05, 0) is 30.5 Å². The average molecular weight is 394 g/mol. The van der Waals surface area contributed by atoms with Crippen LogP contribution in [-0.4, -0.2) is 67.0 Å². The average Bonchev–Trinajstić information content (AvgIpc) is 3.07. The van der Waals surface area contributed by atoms with Crippen LogP contribution >= 0.6 is 11.6 Å². The number of hydrogen-bond acceptors (Lipinski definition) is 4. The molecule has 2 fully saturated rings. The van der Waals surface area contributed by atoms with Crippen LogP contribution in [0.5, 0.6) is 0 Å². The summed E-state index contributed by atoms with van der Waals surface area (Å²) in [4.78, 5) is 39.3. The maximum atomic E-state index is 12.4. The fourth-order valence-corrected chi connectivity index (χ4v) is 3.47. The SMILES string of the molecule is O=C(NCCN1CCOC1=O)[C@@H]1CCC(=O)N(CCc2ccc(Cl)cc2)C1. The molecule has 1 N–H and O–H groups in total. The number of likely N-dealkylation sites (tertiary alicyclic amines) is 1. The number of nitrogens with zero attached hydrogens (tertiary/aromatic N) is 2. The molecule has 3 amide bonds. The third-order valence-corrected chi connectivity index (χ3v) is 5.23. The van der Waals surface area contributed by atoms with Crippen LogP contribution < -0.4 is 5.32 Å². The Morgan fingerprint density at radius 1 is 1.19 bits per heavy atom. The van der Waals surface area contributed by atoms with Crippen LogP contribution in [0.25, 0.3) is 0 Å². The van der Waals surface area contributed by atoms with Crippen molar-refractivity contribution < 1.29 is 19.1 Å². The molecule has 1 aromatic carbocycles. The first-order valence-corrected chi connectivity index (χ1v) is 9.62. The van der Waals surface area contributed by atoms with Gasteiger partial charge < -0.3 is 19.9 Å². The van der Waals surface area contributed by atoms with Crippen LogP contribution in [0.15, 0.2) is 24.3 Å². The topological polar surface area (TPSA) is 79.0 Å². The summed E-state index contributed by atoms with van der Waals surface area (Å²) in [6.45, 7) is 2.82. The number of benzene rings is 1. The van der Waals surface area contributed by atoms with E-state index in [1.807, 2.05) is 24.3 Å². The third kappa shape index (κ3) is 5.35. The summed E-state index contributed by atoms with van der Waals surface area (Å²) in [6, 6.07) is 7.57. The summed E-state index contributed by atoms with van der Waals surface area (Å²) < 4.78 is 4.86. The largest absolute Gasteiger partial charge is 0.448 e. The smallest absolute Gasteiger partial charge is 0.409 e. The van der Waals surface area contributed by atoms with Crippen molar-refractivity contribution in [3.63, 3.8) is 0 Å². The summed E-state index contributed by atoms with van der Waals surface area (Å²) in [5.41, 5.74) is 1.11. The number of piperidine rings is 1. The summed E-state index contributed by atoms with van der Waals surface area (Å²) in [7, 11) is 0. The van der Waals surface area contributed by atoms with Gasteiger partial charge in [-0.2, -0.15) is 0 Å². The molecule has 7 nitrogen and oxygen atoms in total. The van der Waals surface area contributed by atoms with E-state index in [0.29, 0.717) is 57.2 Å². The van der Waals surface area contributed by atoms with Gasteiger partial charge in [-0.25, -0.2) is 4.79 Å². The Kier molecular flexibility index (Phi) is 6.55. The van der Waals surface area contributed by atoms with Crippen molar-refractivity contribution in [1.82, 2.24) is 15.1 Å². The zero-order valence-electron chi connectivity index (χ0n) is 15.2. The molecule has 3 rings (SSSR count).